The van der Waals surface area contributed by atoms with Crippen molar-refractivity contribution in [3.8, 4) is 0 Å². The zero-order valence-corrected chi connectivity index (χ0v) is 7.88. The summed E-state index contributed by atoms with van der Waals surface area (Å²) >= 11 is 0. The third kappa shape index (κ3) is 2.52. The zero-order valence-electron chi connectivity index (χ0n) is 7.88. The molecule has 0 aromatic carbocycles. The van der Waals surface area contributed by atoms with E-state index in [0.29, 0.717) is 12.0 Å². The molecule has 12 heavy (non-hydrogen) atoms. The second kappa shape index (κ2) is 4.51. The average molecular weight is 169 g/mol. The Balaban J connectivity index is 2.29. The molecule has 0 aromatic rings. The van der Waals surface area contributed by atoms with Crippen LogP contribution in [0.1, 0.15) is 32.6 Å². The maximum absolute atomic E-state index is 5.80. The first-order chi connectivity index (χ1) is 5.74. The lowest BCUT2D eigenvalue weighted by molar-refractivity contribution is 0.170. The van der Waals surface area contributed by atoms with E-state index < -0.39 is 0 Å². The highest BCUT2D eigenvalue weighted by molar-refractivity contribution is 4.94. The maximum atomic E-state index is 5.80. The van der Waals surface area contributed by atoms with Crippen molar-refractivity contribution in [2.75, 3.05) is 6.61 Å². The minimum atomic E-state index is 0.413. The molecule has 1 aliphatic carbocycles. The van der Waals surface area contributed by atoms with Gasteiger partial charge in [-0.15, -0.1) is 0 Å². The van der Waals surface area contributed by atoms with Gasteiger partial charge in [-0.25, -0.2) is 0 Å². The number of allylic oxidation sites excluding steroid dienone is 1. The van der Waals surface area contributed by atoms with E-state index in [1.807, 2.05) is 6.92 Å². The van der Waals surface area contributed by atoms with Crippen LogP contribution in [0.5, 0.6) is 0 Å². The van der Waals surface area contributed by atoms with E-state index in [-0.39, 0.29) is 0 Å². The molecule has 1 aliphatic rings. The first kappa shape index (κ1) is 9.59. The van der Waals surface area contributed by atoms with Crippen LogP contribution in [0.2, 0.25) is 0 Å². The minimum absolute atomic E-state index is 0.413. The molecule has 2 nitrogen and oxygen atoms in total. The summed E-state index contributed by atoms with van der Waals surface area (Å²) in [6.07, 6.45) is 4.55. The maximum Gasteiger partial charge on any atom is 0.0918 e. The Morgan fingerprint density at radius 3 is 2.50 bits per heavy atom. The molecule has 0 amide bonds. The molecule has 0 aliphatic heterocycles. The van der Waals surface area contributed by atoms with Crippen molar-refractivity contribution >= 4 is 0 Å². The van der Waals surface area contributed by atoms with Crippen LogP contribution in [0.25, 0.3) is 0 Å². The highest BCUT2D eigenvalue weighted by Crippen LogP contribution is 2.28. The van der Waals surface area contributed by atoms with E-state index in [1.54, 1.807) is 0 Å². The summed E-state index contributed by atoms with van der Waals surface area (Å²) in [5.41, 5.74) is 5.80. The van der Waals surface area contributed by atoms with Gasteiger partial charge >= 0.3 is 0 Å². The summed E-state index contributed by atoms with van der Waals surface area (Å²) in [6.45, 7) is 6.67. The van der Waals surface area contributed by atoms with Gasteiger partial charge in [0, 0.05) is 12.0 Å². The molecule has 2 N–H and O–H groups in total. The number of hydrogen-bond donors (Lipinski definition) is 1. The van der Waals surface area contributed by atoms with Gasteiger partial charge in [0.25, 0.3) is 0 Å². The average Bonchev–Trinajstić information content (AvgIpc) is 2.06. The molecular formula is C10H19NO. The van der Waals surface area contributed by atoms with E-state index in [1.165, 1.54) is 0 Å². The first-order valence-electron chi connectivity index (χ1n) is 4.81. The number of rotatable bonds is 3. The number of ether oxygens (including phenoxy) is 1. The summed E-state index contributed by atoms with van der Waals surface area (Å²) in [6, 6.07) is 0.413. The Kier molecular flexibility index (Phi) is 3.60. The van der Waals surface area contributed by atoms with Crippen molar-refractivity contribution in [1.29, 1.82) is 0 Å². The number of hydrogen-bond acceptors (Lipinski definition) is 2. The third-order valence-corrected chi connectivity index (χ3v) is 2.56. The van der Waals surface area contributed by atoms with Crippen LogP contribution in [0.15, 0.2) is 12.3 Å². The summed E-state index contributed by atoms with van der Waals surface area (Å²) in [5, 5.41) is 0. The Bertz CT molecular complexity index is 148. The molecule has 0 heterocycles. The lowest BCUT2D eigenvalue weighted by Gasteiger charge is -2.27. The smallest absolute Gasteiger partial charge is 0.0918 e. The van der Waals surface area contributed by atoms with Crippen LogP contribution in [-0.2, 0) is 4.74 Å². The van der Waals surface area contributed by atoms with Crippen molar-refractivity contribution in [2.24, 2.45) is 11.7 Å². The van der Waals surface area contributed by atoms with Gasteiger partial charge in [-0.2, -0.15) is 0 Å². The minimum Gasteiger partial charge on any atom is -0.499 e. The summed E-state index contributed by atoms with van der Waals surface area (Å²) in [5.74, 6) is 1.52. The van der Waals surface area contributed by atoms with Crippen LogP contribution in [0.3, 0.4) is 0 Å². The first-order valence-corrected chi connectivity index (χ1v) is 4.81. The quantitative estimate of drug-likeness (QED) is 0.656. The number of nitrogens with two attached hydrogens (primary N) is 1. The topological polar surface area (TPSA) is 35.2 Å². The third-order valence-electron chi connectivity index (χ3n) is 2.56. The van der Waals surface area contributed by atoms with Gasteiger partial charge in [0.2, 0.25) is 0 Å². The molecule has 0 aromatic heterocycles. The molecule has 0 radical (unpaired) electrons. The Hall–Kier alpha value is -0.500. The lowest BCUT2D eigenvalue weighted by atomic mass is 9.85. The Morgan fingerprint density at radius 2 is 2.00 bits per heavy atom. The summed E-state index contributed by atoms with van der Waals surface area (Å²) < 4.78 is 5.38. The fraction of sp³-hybridized carbons (Fsp3) is 0.800. The SMILES string of the molecule is C=C(OCC)C1CCC(N)CC1. The molecule has 0 atom stereocenters. The van der Waals surface area contributed by atoms with E-state index in [2.05, 4.69) is 6.58 Å². The van der Waals surface area contributed by atoms with Crippen molar-refractivity contribution in [3.05, 3.63) is 12.3 Å². The molecule has 0 bridgehead atoms. The van der Waals surface area contributed by atoms with Crippen LogP contribution < -0.4 is 5.73 Å². The lowest BCUT2D eigenvalue weighted by Crippen LogP contribution is -2.27. The van der Waals surface area contributed by atoms with Crippen molar-refractivity contribution < 1.29 is 4.74 Å². The molecule has 1 saturated carbocycles. The Labute approximate surface area is 74.8 Å². The molecule has 0 saturated heterocycles. The van der Waals surface area contributed by atoms with Gasteiger partial charge in [-0.1, -0.05) is 6.58 Å². The second-order valence-electron chi connectivity index (χ2n) is 3.51. The van der Waals surface area contributed by atoms with Gasteiger partial charge < -0.3 is 10.5 Å². The molecule has 1 fully saturated rings. The molecule has 0 unspecified atom stereocenters. The van der Waals surface area contributed by atoms with Gasteiger partial charge in [0.1, 0.15) is 0 Å². The van der Waals surface area contributed by atoms with Gasteiger partial charge in [0.05, 0.1) is 12.4 Å². The van der Waals surface area contributed by atoms with Gasteiger partial charge in [0.15, 0.2) is 0 Å². The van der Waals surface area contributed by atoms with E-state index in [0.717, 1.165) is 38.0 Å². The van der Waals surface area contributed by atoms with Crippen LogP contribution >= 0.6 is 0 Å². The highest BCUT2D eigenvalue weighted by Gasteiger charge is 2.21. The van der Waals surface area contributed by atoms with Crippen molar-refractivity contribution in [1.82, 2.24) is 0 Å². The largest absolute Gasteiger partial charge is 0.499 e. The summed E-state index contributed by atoms with van der Waals surface area (Å²) in [7, 11) is 0. The van der Waals surface area contributed by atoms with Crippen molar-refractivity contribution in [3.63, 3.8) is 0 Å². The van der Waals surface area contributed by atoms with Crippen LogP contribution in [0, 0.1) is 5.92 Å². The highest BCUT2D eigenvalue weighted by atomic mass is 16.5. The molecule has 2 heteroatoms. The van der Waals surface area contributed by atoms with E-state index in [9.17, 15) is 0 Å². The predicted molar refractivity (Wildman–Crippen MR) is 50.7 cm³/mol. The fourth-order valence-corrected chi connectivity index (χ4v) is 1.74. The normalized spacial score (nSPS) is 29.8. The van der Waals surface area contributed by atoms with Crippen molar-refractivity contribution in [2.45, 2.75) is 38.6 Å². The molecule has 1 rings (SSSR count). The molecular weight excluding hydrogens is 150 g/mol. The van der Waals surface area contributed by atoms with Gasteiger partial charge in [-0.05, 0) is 32.6 Å². The van der Waals surface area contributed by atoms with Crippen LogP contribution in [-0.4, -0.2) is 12.6 Å². The standard InChI is InChI=1S/C10H19NO/c1-3-12-8(2)9-4-6-10(11)7-5-9/h9-10H,2-7,11H2,1H3. The molecule has 70 valence electrons. The predicted octanol–water partition coefficient (Wildman–Crippen LogP) is 2.05. The van der Waals surface area contributed by atoms with E-state index in [4.69, 9.17) is 10.5 Å². The Morgan fingerprint density at radius 1 is 1.42 bits per heavy atom. The molecule has 0 spiro atoms. The second-order valence-corrected chi connectivity index (χ2v) is 3.51. The van der Waals surface area contributed by atoms with Gasteiger partial charge in [-0.3, -0.25) is 0 Å². The zero-order chi connectivity index (χ0) is 8.97. The summed E-state index contributed by atoms with van der Waals surface area (Å²) in [4.78, 5) is 0. The fourth-order valence-electron chi connectivity index (χ4n) is 1.74. The monoisotopic (exact) mass is 169 g/mol. The van der Waals surface area contributed by atoms with Crippen LogP contribution in [0.4, 0.5) is 0 Å². The van der Waals surface area contributed by atoms with E-state index >= 15 is 0 Å².